The van der Waals surface area contributed by atoms with Gasteiger partial charge in [0.2, 0.25) is 0 Å². The summed E-state index contributed by atoms with van der Waals surface area (Å²) in [5, 5.41) is 0. The first kappa shape index (κ1) is 8.10. The second kappa shape index (κ2) is 3.41. The monoisotopic (exact) mass is 140 g/mol. The normalized spacial score (nSPS) is 21.6. The zero-order valence-electron chi connectivity index (χ0n) is 7.56. The molecule has 0 heteroatoms. The summed E-state index contributed by atoms with van der Waals surface area (Å²) in [6.45, 7) is 7.04. The number of rotatable bonds is 4. The van der Waals surface area contributed by atoms with Crippen molar-refractivity contribution in [2.24, 2.45) is 17.8 Å². The molecule has 1 aliphatic carbocycles. The van der Waals surface area contributed by atoms with Crippen molar-refractivity contribution in [3.63, 3.8) is 0 Å². The molecule has 0 nitrogen and oxygen atoms in total. The van der Waals surface area contributed by atoms with Crippen molar-refractivity contribution < 1.29 is 0 Å². The molecule has 0 radical (unpaired) electrons. The Morgan fingerprint density at radius 1 is 1.30 bits per heavy atom. The molecule has 0 aromatic heterocycles. The predicted molar refractivity (Wildman–Crippen MR) is 46.0 cm³/mol. The summed E-state index contributed by atoms with van der Waals surface area (Å²) in [4.78, 5) is 0. The third-order valence-electron chi connectivity index (χ3n) is 2.80. The topological polar surface area (TPSA) is 0 Å². The van der Waals surface area contributed by atoms with Crippen LogP contribution in [0.3, 0.4) is 0 Å². The molecule has 0 aliphatic heterocycles. The fraction of sp³-hybridized carbons (Fsp3) is 1.00. The van der Waals surface area contributed by atoms with Gasteiger partial charge in [-0.2, -0.15) is 0 Å². The number of hydrogen-bond acceptors (Lipinski definition) is 0. The minimum atomic E-state index is 0.908. The first-order valence-electron chi connectivity index (χ1n) is 4.74. The van der Waals surface area contributed by atoms with E-state index >= 15 is 0 Å². The highest BCUT2D eigenvalue weighted by molar-refractivity contribution is 4.77. The lowest BCUT2D eigenvalue weighted by Crippen LogP contribution is -2.07. The van der Waals surface area contributed by atoms with E-state index < -0.39 is 0 Å². The lowest BCUT2D eigenvalue weighted by atomic mass is 9.88. The standard InChI is InChI=1S/C10H20/c1-4-10(8(2)3)7-9-5-6-9/h8-10H,4-7H2,1-3H3. The third-order valence-corrected chi connectivity index (χ3v) is 2.80. The van der Waals surface area contributed by atoms with Crippen LogP contribution in [0.2, 0.25) is 0 Å². The summed E-state index contributed by atoms with van der Waals surface area (Å²) in [6, 6.07) is 0. The van der Waals surface area contributed by atoms with Gasteiger partial charge in [0.05, 0.1) is 0 Å². The lowest BCUT2D eigenvalue weighted by Gasteiger charge is -2.17. The van der Waals surface area contributed by atoms with Crippen LogP contribution in [-0.4, -0.2) is 0 Å². The van der Waals surface area contributed by atoms with E-state index in [1.807, 2.05) is 0 Å². The fourth-order valence-electron chi connectivity index (χ4n) is 1.69. The maximum absolute atomic E-state index is 2.36. The minimum absolute atomic E-state index is 0.908. The molecule has 0 N–H and O–H groups in total. The second-order valence-electron chi connectivity index (χ2n) is 4.09. The molecule has 1 rings (SSSR count). The Hall–Kier alpha value is 0. The van der Waals surface area contributed by atoms with Crippen LogP contribution in [0.1, 0.15) is 46.5 Å². The van der Waals surface area contributed by atoms with Gasteiger partial charge in [0.25, 0.3) is 0 Å². The summed E-state index contributed by atoms with van der Waals surface area (Å²) < 4.78 is 0. The van der Waals surface area contributed by atoms with Crippen LogP contribution in [0, 0.1) is 17.8 Å². The van der Waals surface area contributed by atoms with Crippen molar-refractivity contribution in [2.75, 3.05) is 0 Å². The Bertz CT molecular complexity index is 90.2. The second-order valence-corrected chi connectivity index (χ2v) is 4.09. The van der Waals surface area contributed by atoms with E-state index in [1.54, 1.807) is 0 Å². The summed E-state index contributed by atoms with van der Waals surface area (Å²) in [5.41, 5.74) is 0. The zero-order chi connectivity index (χ0) is 7.56. The summed E-state index contributed by atoms with van der Waals surface area (Å²) in [5.74, 6) is 3.03. The van der Waals surface area contributed by atoms with E-state index in [0.717, 1.165) is 17.8 Å². The summed E-state index contributed by atoms with van der Waals surface area (Å²) in [6.07, 6.45) is 5.93. The molecule has 0 aromatic rings. The molecule has 0 aromatic carbocycles. The zero-order valence-corrected chi connectivity index (χ0v) is 7.56. The highest BCUT2D eigenvalue weighted by Gasteiger charge is 2.25. The third kappa shape index (κ3) is 2.32. The van der Waals surface area contributed by atoms with Gasteiger partial charge in [-0.15, -0.1) is 0 Å². The smallest absolute Gasteiger partial charge is 0.0391 e. The summed E-state index contributed by atoms with van der Waals surface area (Å²) >= 11 is 0. The predicted octanol–water partition coefficient (Wildman–Crippen LogP) is 3.47. The van der Waals surface area contributed by atoms with Crippen LogP contribution in [0.15, 0.2) is 0 Å². The average Bonchev–Trinajstić information content (AvgIpc) is 2.64. The van der Waals surface area contributed by atoms with Gasteiger partial charge in [0.1, 0.15) is 0 Å². The van der Waals surface area contributed by atoms with E-state index in [-0.39, 0.29) is 0 Å². The van der Waals surface area contributed by atoms with E-state index in [1.165, 1.54) is 25.7 Å². The fourth-order valence-corrected chi connectivity index (χ4v) is 1.69. The maximum atomic E-state index is 2.36. The molecule has 1 unspecified atom stereocenters. The molecule has 0 amide bonds. The molecular formula is C10H20. The van der Waals surface area contributed by atoms with Crippen molar-refractivity contribution in [1.82, 2.24) is 0 Å². The molecule has 1 atom stereocenters. The van der Waals surface area contributed by atoms with Gasteiger partial charge in [0.15, 0.2) is 0 Å². The molecule has 1 fully saturated rings. The SMILES string of the molecule is CCC(CC1CC1)C(C)C. The Kier molecular flexibility index (Phi) is 2.76. The molecule has 0 heterocycles. The van der Waals surface area contributed by atoms with E-state index in [0.29, 0.717) is 0 Å². The number of hydrogen-bond donors (Lipinski definition) is 0. The van der Waals surface area contributed by atoms with Gasteiger partial charge in [-0.05, 0) is 24.2 Å². The van der Waals surface area contributed by atoms with Gasteiger partial charge >= 0.3 is 0 Å². The van der Waals surface area contributed by atoms with E-state index in [2.05, 4.69) is 20.8 Å². The van der Waals surface area contributed by atoms with Crippen LogP contribution < -0.4 is 0 Å². The van der Waals surface area contributed by atoms with E-state index in [9.17, 15) is 0 Å². The van der Waals surface area contributed by atoms with Crippen LogP contribution >= 0.6 is 0 Å². The lowest BCUT2D eigenvalue weighted by molar-refractivity contribution is 0.332. The molecule has 0 bridgehead atoms. The molecule has 0 saturated heterocycles. The Morgan fingerprint density at radius 3 is 2.20 bits per heavy atom. The Morgan fingerprint density at radius 2 is 1.90 bits per heavy atom. The van der Waals surface area contributed by atoms with Gasteiger partial charge in [-0.3, -0.25) is 0 Å². The van der Waals surface area contributed by atoms with E-state index in [4.69, 9.17) is 0 Å². The quantitative estimate of drug-likeness (QED) is 0.561. The maximum Gasteiger partial charge on any atom is -0.0391 e. The summed E-state index contributed by atoms with van der Waals surface area (Å²) in [7, 11) is 0. The Labute approximate surface area is 65.0 Å². The van der Waals surface area contributed by atoms with Gasteiger partial charge in [-0.25, -0.2) is 0 Å². The van der Waals surface area contributed by atoms with Gasteiger partial charge in [-0.1, -0.05) is 40.0 Å². The van der Waals surface area contributed by atoms with Crippen molar-refractivity contribution in [3.05, 3.63) is 0 Å². The van der Waals surface area contributed by atoms with Crippen LogP contribution in [0.5, 0.6) is 0 Å². The van der Waals surface area contributed by atoms with Crippen molar-refractivity contribution in [2.45, 2.75) is 46.5 Å². The molecule has 1 aliphatic rings. The molecule has 0 spiro atoms. The van der Waals surface area contributed by atoms with Crippen molar-refractivity contribution >= 4 is 0 Å². The largest absolute Gasteiger partial charge is 0.0651 e. The first-order valence-corrected chi connectivity index (χ1v) is 4.74. The highest BCUT2D eigenvalue weighted by atomic mass is 14.3. The molecule has 60 valence electrons. The van der Waals surface area contributed by atoms with Crippen molar-refractivity contribution in [3.8, 4) is 0 Å². The van der Waals surface area contributed by atoms with Crippen LogP contribution in [0.4, 0.5) is 0 Å². The Balaban J connectivity index is 2.17. The molecule has 1 saturated carbocycles. The average molecular weight is 140 g/mol. The first-order chi connectivity index (χ1) is 4.74. The molecule has 10 heavy (non-hydrogen) atoms. The minimum Gasteiger partial charge on any atom is -0.0651 e. The van der Waals surface area contributed by atoms with Crippen LogP contribution in [0.25, 0.3) is 0 Å². The molecular weight excluding hydrogens is 120 g/mol. The van der Waals surface area contributed by atoms with Crippen molar-refractivity contribution in [1.29, 1.82) is 0 Å². The van der Waals surface area contributed by atoms with Crippen LogP contribution in [-0.2, 0) is 0 Å². The highest BCUT2D eigenvalue weighted by Crippen LogP contribution is 2.38. The van der Waals surface area contributed by atoms with Gasteiger partial charge < -0.3 is 0 Å². The van der Waals surface area contributed by atoms with Gasteiger partial charge in [0, 0.05) is 0 Å².